The Morgan fingerprint density at radius 1 is 0.857 bits per heavy atom. The minimum Gasteiger partial charge on any atom is -0.493 e. The van der Waals surface area contributed by atoms with Gasteiger partial charge < -0.3 is 14.0 Å². The Balaban J connectivity index is 1.47. The highest BCUT2D eigenvalue weighted by atomic mass is 16.5. The lowest BCUT2D eigenvalue weighted by atomic mass is 10.1. The van der Waals surface area contributed by atoms with E-state index in [4.69, 9.17) is 9.47 Å². The van der Waals surface area contributed by atoms with Gasteiger partial charge in [-0.1, -0.05) is 48.5 Å². The number of aryl methyl sites for hydroxylation is 2. The van der Waals surface area contributed by atoms with Gasteiger partial charge in [-0.15, -0.1) is 0 Å². The highest BCUT2D eigenvalue weighted by molar-refractivity contribution is 5.39. The van der Waals surface area contributed by atoms with Gasteiger partial charge in [0.15, 0.2) is 0 Å². The smallest absolute Gasteiger partial charge is 0.125 e. The fourth-order valence-corrected chi connectivity index (χ4v) is 4.33. The van der Waals surface area contributed by atoms with Crippen molar-refractivity contribution in [2.45, 2.75) is 46.1 Å². The standard InChI is InChI=1S/C25H36NO2/c1-22-11-9-12-23(2)25(22)28-19-8-4-7-15-26(16-10-18-27-20-17-26)21-24-13-5-3-6-14-24/h3,5-6,9,11-14H,4,7-8,10,15-21H2,1-2H3/q+1. The van der Waals surface area contributed by atoms with Gasteiger partial charge in [0, 0.05) is 12.0 Å². The molecule has 0 radical (unpaired) electrons. The van der Waals surface area contributed by atoms with Gasteiger partial charge in [0.05, 0.1) is 32.9 Å². The molecule has 1 saturated heterocycles. The van der Waals surface area contributed by atoms with Gasteiger partial charge in [0.2, 0.25) is 0 Å². The summed E-state index contributed by atoms with van der Waals surface area (Å²) in [5, 5.41) is 0. The minimum atomic E-state index is 0.813. The Morgan fingerprint density at radius 3 is 2.43 bits per heavy atom. The van der Waals surface area contributed by atoms with E-state index in [-0.39, 0.29) is 0 Å². The van der Waals surface area contributed by atoms with Crippen LogP contribution in [-0.4, -0.2) is 43.9 Å². The Hall–Kier alpha value is -1.84. The van der Waals surface area contributed by atoms with Gasteiger partial charge >= 0.3 is 0 Å². The molecule has 1 aliphatic heterocycles. The molecular formula is C25H36NO2+. The molecule has 1 aliphatic rings. The van der Waals surface area contributed by atoms with Crippen molar-refractivity contribution in [1.29, 1.82) is 0 Å². The zero-order chi connectivity index (χ0) is 19.7. The van der Waals surface area contributed by atoms with E-state index in [0.29, 0.717) is 0 Å². The van der Waals surface area contributed by atoms with Crippen molar-refractivity contribution in [3.05, 3.63) is 65.2 Å². The summed E-state index contributed by atoms with van der Waals surface area (Å²) in [4.78, 5) is 0. The number of hydrogen-bond acceptors (Lipinski definition) is 2. The minimum absolute atomic E-state index is 0.813. The molecule has 3 nitrogen and oxygen atoms in total. The number of hydrogen-bond donors (Lipinski definition) is 0. The predicted molar refractivity (Wildman–Crippen MR) is 116 cm³/mol. The summed E-state index contributed by atoms with van der Waals surface area (Å²) in [6, 6.07) is 17.3. The summed E-state index contributed by atoms with van der Waals surface area (Å²) in [5.74, 6) is 1.07. The van der Waals surface area contributed by atoms with E-state index in [0.717, 1.165) is 45.1 Å². The fourth-order valence-electron chi connectivity index (χ4n) is 4.33. The number of rotatable bonds is 9. The number of para-hydroxylation sites is 1. The van der Waals surface area contributed by atoms with Gasteiger partial charge in [-0.05, 0) is 44.2 Å². The molecule has 0 bridgehead atoms. The van der Waals surface area contributed by atoms with Crippen LogP contribution in [0.3, 0.4) is 0 Å². The summed E-state index contributed by atoms with van der Waals surface area (Å²) in [6.07, 6.45) is 4.77. The van der Waals surface area contributed by atoms with E-state index < -0.39 is 0 Å². The van der Waals surface area contributed by atoms with Crippen molar-refractivity contribution in [3.8, 4) is 5.75 Å². The first kappa shape index (κ1) is 20.9. The molecule has 2 aromatic carbocycles. The van der Waals surface area contributed by atoms with Crippen LogP contribution in [0.2, 0.25) is 0 Å². The van der Waals surface area contributed by atoms with Gasteiger partial charge in [0.1, 0.15) is 18.8 Å². The van der Waals surface area contributed by atoms with Crippen molar-refractivity contribution < 1.29 is 14.0 Å². The van der Waals surface area contributed by atoms with E-state index in [2.05, 4.69) is 62.4 Å². The Labute approximate surface area is 170 Å². The maximum Gasteiger partial charge on any atom is 0.125 e. The summed E-state index contributed by atoms with van der Waals surface area (Å²) < 4.78 is 13.0. The van der Waals surface area contributed by atoms with Crippen LogP contribution in [0, 0.1) is 13.8 Å². The lowest BCUT2D eigenvalue weighted by Gasteiger charge is -2.37. The Kier molecular flexibility index (Phi) is 7.93. The molecule has 1 unspecified atom stereocenters. The molecule has 2 aromatic rings. The summed E-state index contributed by atoms with van der Waals surface area (Å²) in [5.41, 5.74) is 3.91. The molecule has 3 heteroatoms. The van der Waals surface area contributed by atoms with Gasteiger partial charge in [-0.3, -0.25) is 0 Å². The molecule has 0 N–H and O–H groups in total. The average Bonchev–Trinajstić information content (AvgIpc) is 2.93. The van der Waals surface area contributed by atoms with E-state index in [1.54, 1.807) is 0 Å². The van der Waals surface area contributed by atoms with E-state index in [1.165, 1.54) is 53.5 Å². The molecule has 0 aromatic heterocycles. The normalized spacial score (nSPS) is 19.9. The van der Waals surface area contributed by atoms with Gasteiger partial charge in [0.25, 0.3) is 0 Å². The molecule has 0 aliphatic carbocycles. The van der Waals surface area contributed by atoms with Crippen LogP contribution in [0.1, 0.15) is 42.4 Å². The number of nitrogens with zero attached hydrogens (tertiary/aromatic N) is 1. The number of benzene rings is 2. The molecule has 0 spiro atoms. The average molecular weight is 383 g/mol. The molecule has 152 valence electrons. The molecule has 0 saturated carbocycles. The highest BCUT2D eigenvalue weighted by Gasteiger charge is 2.28. The van der Waals surface area contributed by atoms with Crippen molar-refractivity contribution >= 4 is 0 Å². The third kappa shape index (κ3) is 6.08. The first-order chi connectivity index (χ1) is 13.7. The van der Waals surface area contributed by atoms with Gasteiger partial charge in [-0.25, -0.2) is 0 Å². The molecular weight excluding hydrogens is 346 g/mol. The van der Waals surface area contributed by atoms with Crippen molar-refractivity contribution in [2.24, 2.45) is 0 Å². The lowest BCUT2D eigenvalue weighted by molar-refractivity contribution is -0.939. The van der Waals surface area contributed by atoms with Crippen molar-refractivity contribution in [1.82, 2.24) is 0 Å². The molecule has 1 fully saturated rings. The highest BCUT2D eigenvalue weighted by Crippen LogP contribution is 2.23. The van der Waals surface area contributed by atoms with Crippen LogP contribution in [0.4, 0.5) is 0 Å². The van der Waals surface area contributed by atoms with Crippen molar-refractivity contribution in [3.63, 3.8) is 0 Å². The van der Waals surface area contributed by atoms with E-state index in [9.17, 15) is 0 Å². The van der Waals surface area contributed by atoms with Crippen LogP contribution >= 0.6 is 0 Å². The summed E-state index contributed by atoms with van der Waals surface area (Å²) >= 11 is 0. The van der Waals surface area contributed by atoms with E-state index in [1.807, 2.05) is 0 Å². The monoisotopic (exact) mass is 382 g/mol. The largest absolute Gasteiger partial charge is 0.493 e. The maximum atomic E-state index is 6.08. The molecule has 1 atom stereocenters. The first-order valence-electron chi connectivity index (χ1n) is 10.8. The summed E-state index contributed by atoms with van der Waals surface area (Å²) in [6.45, 7) is 11.6. The second-order valence-corrected chi connectivity index (χ2v) is 8.25. The first-order valence-corrected chi connectivity index (χ1v) is 10.8. The maximum absolute atomic E-state index is 6.08. The lowest BCUT2D eigenvalue weighted by Crippen LogP contribution is -2.49. The zero-order valence-electron chi connectivity index (χ0n) is 17.7. The Morgan fingerprint density at radius 2 is 1.64 bits per heavy atom. The fraction of sp³-hybridized carbons (Fsp3) is 0.520. The summed E-state index contributed by atoms with van der Waals surface area (Å²) in [7, 11) is 0. The second kappa shape index (κ2) is 10.6. The SMILES string of the molecule is Cc1cccc(C)c1OCCCCC[N+]1(Cc2ccccc2)CCCOCC1. The number of unbranched alkanes of at least 4 members (excludes halogenated alkanes) is 2. The van der Waals surface area contributed by atoms with Crippen molar-refractivity contribution in [2.75, 3.05) is 39.5 Å². The molecule has 3 rings (SSSR count). The van der Waals surface area contributed by atoms with Crippen LogP contribution in [0.15, 0.2) is 48.5 Å². The molecule has 28 heavy (non-hydrogen) atoms. The van der Waals surface area contributed by atoms with Gasteiger partial charge in [-0.2, -0.15) is 0 Å². The van der Waals surface area contributed by atoms with Crippen LogP contribution in [0.25, 0.3) is 0 Å². The number of ether oxygens (including phenoxy) is 2. The quantitative estimate of drug-likeness (QED) is 0.433. The van der Waals surface area contributed by atoms with E-state index >= 15 is 0 Å². The second-order valence-electron chi connectivity index (χ2n) is 8.25. The van der Waals surface area contributed by atoms with Crippen LogP contribution < -0.4 is 4.74 Å². The third-order valence-electron chi connectivity index (χ3n) is 5.92. The van der Waals surface area contributed by atoms with Crippen LogP contribution in [0.5, 0.6) is 5.75 Å². The topological polar surface area (TPSA) is 18.5 Å². The molecule has 1 heterocycles. The third-order valence-corrected chi connectivity index (χ3v) is 5.92. The number of quaternary nitrogens is 1. The predicted octanol–water partition coefficient (Wildman–Crippen LogP) is 5.29. The zero-order valence-corrected chi connectivity index (χ0v) is 17.7. The van der Waals surface area contributed by atoms with Crippen LogP contribution in [-0.2, 0) is 11.3 Å². The Bertz CT molecular complexity index is 685. The molecule has 0 amide bonds.